The van der Waals surface area contributed by atoms with E-state index in [0.29, 0.717) is 18.7 Å². The highest BCUT2D eigenvalue weighted by atomic mass is 35.5. The van der Waals surface area contributed by atoms with Gasteiger partial charge in [-0.15, -0.1) is 0 Å². The SMILES string of the molecule is CC1(C)CCC(CN2C3CC2CN(C(=O)c2ccc4c(c2)C(=O)N(C2CCC(=O)NC2=O)C4=O)C3)=C(c2ccc(Cl)cc2)C1. The van der Waals surface area contributed by atoms with Crippen molar-refractivity contribution in [2.24, 2.45) is 5.41 Å². The van der Waals surface area contributed by atoms with Gasteiger partial charge in [0.05, 0.1) is 11.1 Å². The smallest absolute Gasteiger partial charge is 0.262 e. The maximum absolute atomic E-state index is 13.6. The largest absolute Gasteiger partial charge is 0.336 e. The van der Waals surface area contributed by atoms with Crippen molar-refractivity contribution >= 4 is 46.7 Å². The molecule has 5 amide bonds. The Bertz CT molecular complexity index is 1640. The van der Waals surface area contributed by atoms with Crippen LogP contribution >= 0.6 is 11.6 Å². The molecule has 3 atom stereocenters. The molecule has 0 saturated carbocycles. The van der Waals surface area contributed by atoms with Crippen LogP contribution in [0.25, 0.3) is 5.57 Å². The summed E-state index contributed by atoms with van der Waals surface area (Å²) in [6.45, 7) is 6.78. The summed E-state index contributed by atoms with van der Waals surface area (Å²) in [6, 6.07) is 12.2. The van der Waals surface area contributed by atoms with Crippen LogP contribution < -0.4 is 5.32 Å². The Labute approximate surface area is 261 Å². The molecule has 8 rings (SSSR count). The minimum atomic E-state index is -1.04. The van der Waals surface area contributed by atoms with Crippen LogP contribution in [0.3, 0.4) is 0 Å². The van der Waals surface area contributed by atoms with Crippen molar-refractivity contribution in [1.29, 1.82) is 0 Å². The molecule has 10 heteroatoms. The van der Waals surface area contributed by atoms with E-state index < -0.39 is 29.7 Å². The van der Waals surface area contributed by atoms with Gasteiger partial charge in [-0.25, -0.2) is 0 Å². The molecule has 4 saturated heterocycles. The number of hydrogen-bond acceptors (Lipinski definition) is 6. The van der Waals surface area contributed by atoms with Gasteiger partial charge in [-0.3, -0.25) is 39.1 Å². The number of hydrogen-bond donors (Lipinski definition) is 1. The maximum atomic E-state index is 13.6. The van der Waals surface area contributed by atoms with Gasteiger partial charge in [0, 0.05) is 48.7 Å². The molecule has 228 valence electrons. The van der Waals surface area contributed by atoms with Crippen molar-refractivity contribution in [1.82, 2.24) is 20.0 Å². The van der Waals surface area contributed by atoms with Crippen molar-refractivity contribution in [2.45, 2.75) is 70.5 Å². The molecule has 2 bridgehead atoms. The number of carbonyl (C=O) groups is 5. The number of fused-ring (bicyclic) bond motifs is 3. The second-order valence-electron chi connectivity index (χ2n) is 13.6. The Balaban J connectivity index is 1.05. The molecular weight excluding hydrogens is 580 g/mol. The van der Waals surface area contributed by atoms with E-state index in [1.807, 2.05) is 17.0 Å². The number of carbonyl (C=O) groups excluding carboxylic acids is 5. The molecule has 0 spiro atoms. The lowest BCUT2D eigenvalue weighted by atomic mass is 9.72. The number of piperidine rings is 2. The number of halogens is 1. The predicted molar refractivity (Wildman–Crippen MR) is 164 cm³/mol. The molecule has 1 N–H and O–H groups in total. The lowest BCUT2D eigenvalue weighted by Gasteiger charge is -2.57. The van der Waals surface area contributed by atoms with E-state index in [0.717, 1.165) is 42.2 Å². The first-order valence-electron chi connectivity index (χ1n) is 15.4. The highest BCUT2D eigenvalue weighted by Gasteiger charge is 2.48. The van der Waals surface area contributed by atoms with E-state index in [2.05, 4.69) is 36.2 Å². The van der Waals surface area contributed by atoms with Gasteiger partial charge in [-0.2, -0.15) is 0 Å². The zero-order chi connectivity index (χ0) is 30.9. The Morgan fingerprint density at radius 2 is 1.66 bits per heavy atom. The van der Waals surface area contributed by atoms with Crippen LogP contribution in [0.15, 0.2) is 48.0 Å². The molecule has 6 aliphatic rings. The summed E-state index contributed by atoms with van der Waals surface area (Å²) in [5, 5.41) is 2.94. The van der Waals surface area contributed by atoms with E-state index in [1.165, 1.54) is 28.8 Å². The zero-order valence-electron chi connectivity index (χ0n) is 24.9. The van der Waals surface area contributed by atoms with Gasteiger partial charge in [-0.05, 0) is 79.0 Å². The summed E-state index contributed by atoms with van der Waals surface area (Å²) >= 11 is 6.18. The number of rotatable bonds is 5. The third-order valence-corrected chi connectivity index (χ3v) is 10.3. The summed E-state index contributed by atoms with van der Waals surface area (Å²) in [7, 11) is 0. The van der Waals surface area contributed by atoms with E-state index in [1.54, 1.807) is 6.07 Å². The predicted octanol–water partition coefficient (Wildman–Crippen LogP) is 4.30. The van der Waals surface area contributed by atoms with Crippen LogP contribution in [0.5, 0.6) is 0 Å². The van der Waals surface area contributed by atoms with Crippen molar-refractivity contribution < 1.29 is 24.0 Å². The summed E-state index contributed by atoms with van der Waals surface area (Å²) in [5.74, 6) is -2.43. The average molecular weight is 615 g/mol. The Morgan fingerprint density at radius 1 is 0.955 bits per heavy atom. The van der Waals surface area contributed by atoms with Crippen LogP contribution in [0.4, 0.5) is 0 Å². The highest BCUT2D eigenvalue weighted by molar-refractivity contribution is 6.30. The van der Waals surface area contributed by atoms with Gasteiger partial charge in [0.2, 0.25) is 11.8 Å². The first-order valence-corrected chi connectivity index (χ1v) is 15.7. The molecule has 5 heterocycles. The molecule has 44 heavy (non-hydrogen) atoms. The maximum Gasteiger partial charge on any atom is 0.262 e. The summed E-state index contributed by atoms with van der Waals surface area (Å²) in [5.41, 5.74) is 5.02. The molecule has 2 aromatic rings. The molecule has 0 radical (unpaired) electrons. The molecule has 3 unspecified atom stereocenters. The fraction of sp³-hybridized carbons (Fsp3) is 0.441. The number of allylic oxidation sites excluding steroid dienone is 1. The molecule has 5 aliphatic heterocycles. The van der Waals surface area contributed by atoms with E-state index in [9.17, 15) is 24.0 Å². The minimum Gasteiger partial charge on any atom is -0.336 e. The van der Waals surface area contributed by atoms with E-state index in [-0.39, 0.29) is 47.4 Å². The molecular formula is C34H35ClN4O5. The number of imide groups is 2. The average Bonchev–Trinajstić information content (AvgIpc) is 3.24. The van der Waals surface area contributed by atoms with Gasteiger partial charge in [-0.1, -0.05) is 43.2 Å². The number of piperazine rings is 1. The number of nitrogens with zero attached hydrogens (tertiary/aromatic N) is 3. The fourth-order valence-electron chi connectivity index (χ4n) is 7.58. The van der Waals surface area contributed by atoms with E-state index >= 15 is 0 Å². The van der Waals surface area contributed by atoms with Crippen LogP contribution in [-0.4, -0.2) is 82.0 Å². The molecule has 1 aliphatic carbocycles. The highest BCUT2D eigenvalue weighted by Crippen LogP contribution is 2.45. The monoisotopic (exact) mass is 614 g/mol. The molecule has 4 fully saturated rings. The van der Waals surface area contributed by atoms with Gasteiger partial charge in [0.1, 0.15) is 6.04 Å². The van der Waals surface area contributed by atoms with Crippen molar-refractivity contribution in [2.75, 3.05) is 19.6 Å². The molecule has 2 aromatic carbocycles. The van der Waals surface area contributed by atoms with Gasteiger partial charge in [0.25, 0.3) is 17.7 Å². The second-order valence-corrected chi connectivity index (χ2v) is 14.0. The van der Waals surface area contributed by atoms with Gasteiger partial charge >= 0.3 is 0 Å². The topological polar surface area (TPSA) is 107 Å². The summed E-state index contributed by atoms with van der Waals surface area (Å²) < 4.78 is 0. The van der Waals surface area contributed by atoms with E-state index in [4.69, 9.17) is 11.6 Å². The Hall–Kier alpha value is -3.82. The minimum absolute atomic E-state index is 0.0551. The first-order chi connectivity index (χ1) is 21.0. The summed E-state index contributed by atoms with van der Waals surface area (Å²) in [4.78, 5) is 69.2. The van der Waals surface area contributed by atoms with Crippen LogP contribution in [0.2, 0.25) is 5.02 Å². The lowest BCUT2D eigenvalue weighted by molar-refractivity contribution is -0.136. The van der Waals surface area contributed by atoms with Gasteiger partial charge < -0.3 is 4.90 Å². The third-order valence-electron chi connectivity index (χ3n) is 10.1. The third kappa shape index (κ3) is 4.96. The van der Waals surface area contributed by atoms with Gasteiger partial charge in [0.15, 0.2) is 0 Å². The second kappa shape index (κ2) is 10.7. The Morgan fingerprint density at radius 3 is 2.36 bits per heavy atom. The summed E-state index contributed by atoms with van der Waals surface area (Å²) in [6.07, 6.45) is 4.43. The van der Waals surface area contributed by atoms with Crippen molar-refractivity contribution in [3.8, 4) is 0 Å². The van der Waals surface area contributed by atoms with Crippen molar-refractivity contribution in [3.05, 3.63) is 75.3 Å². The first kappa shape index (κ1) is 28.9. The lowest BCUT2D eigenvalue weighted by Crippen LogP contribution is -2.69. The fourth-order valence-corrected chi connectivity index (χ4v) is 7.71. The standard InChI is InChI=1S/C34H35ClN4O5/c1-34(2)12-11-21(27(15-34)19-3-6-22(35)7-4-19)16-38-23-14-24(38)18-37(17-23)31(42)20-5-8-25-26(13-20)33(44)39(32(25)43)28-9-10-29(40)36-30(28)41/h3-8,13,23-24,28H,9-12,14-18H2,1-2H3,(H,36,40,41). The zero-order valence-corrected chi connectivity index (χ0v) is 25.7. The molecule has 0 aromatic heterocycles. The van der Waals surface area contributed by atoms with Crippen LogP contribution in [0, 0.1) is 5.41 Å². The van der Waals surface area contributed by atoms with Crippen LogP contribution in [0.1, 0.15) is 89.0 Å². The quantitative estimate of drug-likeness (QED) is 0.503. The Kier molecular flexibility index (Phi) is 7.01. The van der Waals surface area contributed by atoms with Crippen LogP contribution in [-0.2, 0) is 9.59 Å². The molecule has 9 nitrogen and oxygen atoms in total. The normalized spacial score (nSPS) is 26.5. The van der Waals surface area contributed by atoms with Crippen molar-refractivity contribution in [3.63, 3.8) is 0 Å². The number of benzene rings is 2. The number of nitrogens with one attached hydrogen (secondary N) is 1. The number of amides is 5.